The maximum absolute atomic E-state index is 6.63. The van der Waals surface area contributed by atoms with Crippen LogP contribution in [-0.2, 0) is 0 Å². The molecule has 2 aliphatic heterocycles. The molecule has 1 fully saturated rings. The quantitative estimate of drug-likeness (QED) is 0.185. The topological polar surface area (TPSA) is 15.7 Å². The second kappa shape index (κ2) is 11.3. The van der Waals surface area contributed by atoms with Gasteiger partial charge in [0.15, 0.2) is 5.75 Å². The molecule has 0 bridgehead atoms. The minimum atomic E-state index is 0.122. The van der Waals surface area contributed by atoms with Crippen LogP contribution in [0, 0.1) is 0 Å². The first-order chi connectivity index (χ1) is 22.8. The minimum Gasteiger partial charge on any atom is -0.455 e. The van der Waals surface area contributed by atoms with E-state index < -0.39 is 0 Å². The summed E-state index contributed by atoms with van der Waals surface area (Å²) in [5.41, 5.74) is 12.7. The first-order valence-electron chi connectivity index (χ1n) is 16.7. The van der Waals surface area contributed by atoms with Crippen LogP contribution in [-0.4, -0.2) is 6.71 Å². The molecule has 6 aromatic rings. The zero-order valence-corrected chi connectivity index (χ0v) is 25.8. The maximum atomic E-state index is 6.63. The van der Waals surface area contributed by atoms with Crippen molar-refractivity contribution in [3.8, 4) is 11.5 Å². The summed E-state index contributed by atoms with van der Waals surface area (Å²) in [4.78, 5) is 4.99. The van der Waals surface area contributed by atoms with Crippen molar-refractivity contribution in [3.05, 3.63) is 151 Å². The standard InChI is InChI=1S/C42H35BN2O/c1-4-16-30(17-5-1)31-28-39-42-40(29-31)45(38-26-14-15-27-41(38)46-33-20-8-3-9-21-33)37-25-13-11-23-35(37)43(42)34-22-10-12-24-36(34)44(39)32-18-6-2-7-19-32/h2-3,6-15,18-30H,1,4-5,16-17H2. The highest BCUT2D eigenvalue weighted by molar-refractivity contribution is 7.00. The summed E-state index contributed by atoms with van der Waals surface area (Å²) in [7, 11) is 0. The summed E-state index contributed by atoms with van der Waals surface area (Å²) in [6.45, 7) is 0.122. The van der Waals surface area contributed by atoms with Gasteiger partial charge < -0.3 is 14.5 Å². The van der Waals surface area contributed by atoms with Gasteiger partial charge in [0.05, 0.1) is 5.69 Å². The molecular weight excluding hydrogens is 559 g/mol. The number of ether oxygens (including phenoxy) is 1. The largest absolute Gasteiger partial charge is 0.455 e. The second-order valence-corrected chi connectivity index (χ2v) is 12.7. The number of benzene rings is 6. The fourth-order valence-corrected chi connectivity index (χ4v) is 8.05. The number of para-hydroxylation sites is 6. The summed E-state index contributed by atoms with van der Waals surface area (Å²) in [5.74, 6) is 2.23. The number of anilines is 6. The molecule has 1 saturated carbocycles. The van der Waals surface area contributed by atoms with Gasteiger partial charge in [-0.2, -0.15) is 0 Å². The van der Waals surface area contributed by atoms with Crippen molar-refractivity contribution >= 4 is 57.2 Å². The molecule has 46 heavy (non-hydrogen) atoms. The Morgan fingerprint density at radius 3 is 1.74 bits per heavy atom. The Kier molecular flexibility index (Phi) is 6.66. The molecule has 0 radical (unpaired) electrons. The third-order valence-corrected chi connectivity index (χ3v) is 10.1. The molecule has 3 aliphatic rings. The molecular formula is C42H35BN2O. The second-order valence-electron chi connectivity index (χ2n) is 12.7. The molecule has 0 atom stereocenters. The van der Waals surface area contributed by atoms with Gasteiger partial charge in [-0.25, -0.2) is 0 Å². The van der Waals surface area contributed by atoms with E-state index in [9.17, 15) is 0 Å². The smallest absolute Gasteiger partial charge is 0.252 e. The zero-order chi connectivity index (χ0) is 30.5. The highest BCUT2D eigenvalue weighted by Crippen LogP contribution is 2.48. The molecule has 0 spiro atoms. The molecule has 0 aromatic heterocycles. The lowest BCUT2D eigenvalue weighted by Crippen LogP contribution is -2.61. The lowest BCUT2D eigenvalue weighted by atomic mass is 9.33. The average Bonchev–Trinajstić information content (AvgIpc) is 3.13. The van der Waals surface area contributed by atoms with Gasteiger partial charge in [-0.1, -0.05) is 104 Å². The van der Waals surface area contributed by atoms with E-state index in [2.05, 4.69) is 125 Å². The van der Waals surface area contributed by atoms with Crippen LogP contribution in [0.25, 0.3) is 0 Å². The van der Waals surface area contributed by atoms with Gasteiger partial charge in [0.25, 0.3) is 6.71 Å². The van der Waals surface area contributed by atoms with Crippen LogP contribution in [0.15, 0.2) is 146 Å². The van der Waals surface area contributed by atoms with Gasteiger partial charge in [0.1, 0.15) is 5.75 Å². The number of fused-ring (bicyclic) bond motifs is 4. The molecule has 4 heteroatoms. The lowest BCUT2D eigenvalue weighted by molar-refractivity contribution is 0.444. The van der Waals surface area contributed by atoms with Crippen LogP contribution in [0.5, 0.6) is 11.5 Å². The van der Waals surface area contributed by atoms with E-state index in [1.54, 1.807) is 0 Å². The zero-order valence-electron chi connectivity index (χ0n) is 25.8. The van der Waals surface area contributed by atoms with E-state index >= 15 is 0 Å². The van der Waals surface area contributed by atoms with E-state index in [0.717, 1.165) is 17.2 Å². The maximum Gasteiger partial charge on any atom is 0.252 e. The molecule has 6 aromatic carbocycles. The van der Waals surface area contributed by atoms with Crippen molar-refractivity contribution in [2.24, 2.45) is 0 Å². The average molecular weight is 595 g/mol. The monoisotopic (exact) mass is 594 g/mol. The first-order valence-corrected chi connectivity index (χ1v) is 16.7. The van der Waals surface area contributed by atoms with E-state index in [0.29, 0.717) is 5.92 Å². The summed E-state index contributed by atoms with van der Waals surface area (Å²) in [6, 6.07) is 52.6. The van der Waals surface area contributed by atoms with Crippen molar-refractivity contribution in [1.29, 1.82) is 0 Å². The predicted molar refractivity (Wildman–Crippen MR) is 193 cm³/mol. The SMILES string of the molecule is c1ccc(Oc2ccccc2N2c3ccccc3B3c4ccccc4N(c4ccccc4)c4cc(C5CCCCC5)cc2c43)cc1. The minimum absolute atomic E-state index is 0.122. The van der Waals surface area contributed by atoms with Gasteiger partial charge in [-0.3, -0.25) is 0 Å². The Bertz CT molecular complexity index is 2030. The molecule has 222 valence electrons. The number of hydrogen-bond donors (Lipinski definition) is 0. The third-order valence-electron chi connectivity index (χ3n) is 10.1. The van der Waals surface area contributed by atoms with E-state index in [4.69, 9.17) is 4.74 Å². The molecule has 2 heterocycles. The summed E-state index contributed by atoms with van der Waals surface area (Å²) in [5, 5.41) is 0. The predicted octanol–water partition coefficient (Wildman–Crippen LogP) is 9.61. The van der Waals surface area contributed by atoms with Gasteiger partial charge in [0.2, 0.25) is 0 Å². The van der Waals surface area contributed by atoms with Gasteiger partial charge in [-0.15, -0.1) is 0 Å². The third kappa shape index (κ3) is 4.43. The number of rotatable bonds is 5. The number of hydrogen-bond acceptors (Lipinski definition) is 3. The number of nitrogens with zero attached hydrogens (tertiary/aromatic N) is 2. The van der Waals surface area contributed by atoms with Crippen LogP contribution in [0.1, 0.15) is 43.6 Å². The van der Waals surface area contributed by atoms with Crippen molar-refractivity contribution < 1.29 is 4.74 Å². The summed E-state index contributed by atoms with van der Waals surface area (Å²) >= 11 is 0. The molecule has 0 amide bonds. The Balaban J connectivity index is 1.34. The van der Waals surface area contributed by atoms with Gasteiger partial charge >= 0.3 is 0 Å². The summed E-state index contributed by atoms with van der Waals surface area (Å²) in [6.07, 6.45) is 6.42. The Hall–Kier alpha value is -5.22. The van der Waals surface area contributed by atoms with Crippen LogP contribution in [0.2, 0.25) is 0 Å². The van der Waals surface area contributed by atoms with Crippen LogP contribution in [0.4, 0.5) is 34.1 Å². The van der Waals surface area contributed by atoms with Crippen LogP contribution >= 0.6 is 0 Å². The van der Waals surface area contributed by atoms with Gasteiger partial charge in [0, 0.05) is 28.4 Å². The van der Waals surface area contributed by atoms with E-state index in [-0.39, 0.29) is 6.71 Å². The molecule has 0 N–H and O–H groups in total. The molecule has 1 aliphatic carbocycles. The van der Waals surface area contributed by atoms with Crippen LogP contribution in [0.3, 0.4) is 0 Å². The Morgan fingerprint density at radius 1 is 0.500 bits per heavy atom. The molecule has 9 rings (SSSR count). The summed E-state index contributed by atoms with van der Waals surface area (Å²) < 4.78 is 6.63. The van der Waals surface area contributed by atoms with Crippen molar-refractivity contribution in [2.75, 3.05) is 9.80 Å². The van der Waals surface area contributed by atoms with Gasteiger partial charge in [-0.05, 0) is 101 Å². The van der Waals surface area contributed by atoms with Crippen molar-refractivity contribution in [1.82, 2.24) is 0 Å². The Morgan fingerprint density at radius 2 is 1.04 bits per heavy atom. The first kappa shape index (κ1) is 27.1. The van der Waals surface area contributed by atoms with E-state index in [1.165, 1.54) is 82.5 Å². The fraction of sp³-hybridized carbons (Fsp3) is 0.143. The fourth-order valence-electron chi connectivity index (χ4n) is 8.05. The van der Waals surface area contributed by atoms with E-state index in [1.807, 2.05) is 30.3 Å². The molecule has 0 unspecified atom stereocenters. The van der Waals surface area contributed by atoms with Crippen molar-refractivity contribution in [3.63, 3.8) is 0 Å². The molecule has 3 nitrogen and oxygen atoms in total. The van der Waals surface area contributed by atoms with Crippen molar-refractivity contribution in [2.45, 2.75) is 38.0 Å². The highest BCUT2D eigenvalue weighted by atomic mass is 16.5. The lowest BCUT2D eigenvalue weighted by Gasteiger charge is -2.45. The van der Waals surface area contributed by atoms with Crippen LogP contribution < -0.4 is 30.9 Å². The Labute approximate surface area is 271 Å². The molecule has 0 saturated heterocycles. The highest BCUT2D eigenvalue weighted by Gasteiger charge is 2.44. The normalized spacial score (nSPS) is 15.2.